The van der Waals surface area contributed by atoms with Gasteiger partial charge in [-0.25, -0.2) is 0 Å². The van der Waals surface area contributed by atoms with E-state index in [1.807, 2.05) is 0 Å². The Morgan fingerprint density at radius 1 is 1.00 bits per heavy atom. The van der Waals surface area contributed by atoms with Crippen molar-refractivity contribution in [1.82, 2.24) is 9.80 Å². The van der Waals surface area contributed by atoms with Gasteiger partial charge in [0.2, 0.25) is 0 Å². The van der Waals surface area contributed by atoms with E-state index in [1.165, 1.54) is 45.3 Å². The van der Waals surface area contributed by atoms with Crippen molar-refractivity contribution in [3.63, 3.8) is 0 Å². The Morgan fingerprint density at radius 2 is 1.67 bits per heavy atom. The third kappa shape index (κ3) is 1.27. The summed E-state index contributed by atoms with van der Waals surface area (Å²) >= 11 is 0. The van der Waals surface area contributed by atoms with Crippen molar-refractivity contribution in [3.05, 3.63) is 0 Å². The lowest BCUT2D eigenvalue weighted by molar-refractivity contribution is 0.0720. The van der Waals surface area contributed by atoms with Crippen LogP contribution in [0.15, 0.2) is 0 Å². The Morgan fingerprint density at radius 3 is 2.25 bits per heavy atom. The van der Waals surface area contributed by atoms with Gasteiger partial charge in [-0.05, 0) is 52.9 Å². The molecule has 0 bridgehead atoms. The number of hydrogen-bond donors (Lipinski definition) is 0. The van der Waals surface area contributed by atoms with Gasteiger partial charge in [0.1, 0.15) is 0 Å². The molecule has 0 aromatic rings. The second-order valence-electron chi connectivity index (χ2n) is 4.59. The maximum atomic E-state index is 2.59. The van der Waals surface area contributed by atoms with Crippen LogP contribution in [-0.4, -0.2) is 49.1 Å². The number of nitrogens with zero attached hydrogens (tertiary/aromatic N) is 2. The molecule has 70 valence electrons. The molecule has 12 heavy (non-hydrogen) atoms. The summed E-state index contributed by atoms with van der Waals surface area (Å²) in [4.78, 5) is 5.08. The third-order valence-electron chi connectivity index (χ3n) is 3.69. The first-order chi connectivity index (χ1) is 5.73. The summed E-state index contributed by atoms with van der Waals surface area (Å²) in [5.41, 5.74) is 0.562. The van der Waals surface area contributed by atoms with E-state index in [0.717, 1.165) is 0 Å². The van der Waals surface area contributed by atoms with Crippen molar-refractivity contribution in [3.8, 4) is 0 Å². The van der Waals surface area contributed by atoms with Crippen molar-refractivity contribution >= 4 is 0 Å². The van der Waals surface area contributed by atoms with Crippen molar-refractivity contribution in [1.29, 1.82) is 0 Å². The monoisotopic (exact) mass is 168 g/mol. The van der Waals surface area contributed by atoms with Gasteiger partial charge in [-0.2, -0.15) is 0 Å². The molecule has 0 radical (unpaired) electrons. The van der Waals surface area contributed by atoms with Crippen LogP contribution in [0, 0.1) is 0 Å². The van der Waals surface area contributed by atoms with Gasteiger partial charge < -0.3 is 4.90 Å². The van der Waals surface area contributed by atoms with Crippen molar-refractivity contribution in [2.24, 2.45) is 0 Å². The number of likely N-dealkylation sites (tertiary alicyclic amines) is 2. The van der Waals surface area contributed by atoms with E-state index >= 15 is 0 Å². The van der Waals surface area contributed by atoms with E-state index in [2.05, 4.69) is 23.9 Å². The molecule has 0 saturated carbocycles. The lowest BCUT2D eigenvalue weighted by Gasteiger charge is -2.43. The van der Waals surface area contributed by atoms with E-state index in [4.69, 9.17) is 0 Å². The van der Waals surface area contributed by atoms with E-state index in [1.54, 1.807) is 0 Å². The van der Waals surface area contributed by atoms with Crippen LogP contribution in [0.5, 0.6) is 0 Å². The van der Waals surface area contributed by atoms with Crippen LogP contribution in [0.4, 0.5) is 0 Å². The van der Waals surface area contributed by atoms with Gasteiger partial charge in [0, 0.05) is 12.1 Å². The zero-order valence-electron chi connectivity index (χ0n) is 8.34. The van der Waals surface area contributed by atoms with E-state index in [-0.39, 0.29) is 0 Å². The molecule has 0 N–H and O–H groups in total. The zero-order valence-corrected chi connectivity index (χ0v) is 8.34. The molecule has 2 heteroatoms. The molecule has 1 atom stereocenters. The fourth-order valence-electron chi connectivity index (χ4n) is 2.93. The minimum atomic E-state index is 0.562. The maximum Gasteiger partial charge on any atom is 0.0334 e. The van der Waals surface area contributed by atoms with Crippen molar-refractivity contribution < 1.29 is 0 Å². The summed E-state index contributed by atoms with van der Waals surface area (Å²) in [6.07, 6.45) is 5.65. The molecular weight excluding hydrogens is 148 g/mol. The SMILES string of the molecule is CN1CCCC2(CCCN2C)C1. The number of rotatable bonds is 0. The number of hydrogen-bond acceptors (Lipinski definition) is 2. The normalized spacial score (nSPS) is 39.5. The zero-order chi connectivity index (χ0) is 8.60. The largest absolute Gasteiger partial charge is 0.305 e. The Kier molecular flexibility index (Phi) is 2.13. The predicted octanol–water partition coefficient (Wildman–Crippen LogP) is 1.18. The maximum absolute atomic E-state index is 2.59. The molecule has 2 fully saturated rings. The van der Waals surface area contributed by atoms with Gasteiger partial charge in [0.05, 0.1) is 0 Å². The molecule has 0 aromatic heterocycles. The van der Waals surface area contributed by atoms with E-state index < -0.39 is 0 Å². The molecule has 2 nitrogen and oxygen atoms in total. The van der Waals surface area contributed by atoms with Gasteiger partial charge in [-0.3, -0.25) is 4.90 Å². The van der Waals surface area contributed by atoms with Crippen molar-refractivity contribution in [2.75, 3.05) is 33.7 Å². The molecule has 2 aliphatic heterocycles. The van der Waals surface area contributed by atoms with Gasteiger partial charge in [-0.1, -0.05) is 0 Å². The molecule has 2 aliphatic rings. The van der Waals surface area contributed by atoms with Crippen LogP contribution in [0.2, 0.25) is 0 Å². The fraction of sp³-hybridized carbons (Fsp3) is 1.00. The standard InChI is InChI=1S/C10H20N2/c1-11-7-3-5-10(9-11)6-4-8-12(10)2/h3-9H2,1-2H3. The highest BCUT2D eigenvalue weighted by atomic mass is 15.3. The van der Waals surface area contributed by atoms with Gasteiger partial charge in [-0.15, -0.1) is 0 Å². The van der Waals surface area contributed by atoms with Gasteiger partial charge >= 0.3 is 0 Å². The highest BCUT2D eigenvalue weighted by Crippen LogP contribution is 2.35. The third-order valence-corrected chi connectivity index (χ3v) is 3.69. The Hall–Kier alpha value is -0.0800. The molecule has 0 aromatic carbocycles. The lowest BCUT2D eigenvalue weighted by atomic mass is 9.87. The summed E-state index contributed by atoms with van der Waals surface area (Å²) < 4.78 is 0. The molecule has 2 saturated heterocycles. The summed E-state index contributed by atoms with van der Waals surface area (Å²) in [5.74, 6) is 0. The first kappa shape index (κ1) is 8.52. The Labute approximate surface area is 75.5 Å². The minimum absolute atomic E-state index is 0.562. The topological polar surface area (TPSA) is 6.48 Å². The average molecular weight is 168 g/mol. The first-order valence-electron chi connectivity index (χ1n) is 5.13. The van der Waals surface area contributed by atoms with Crippen LogP contribution < -0.4 is 0 Å². The number of likely N-dealkylation sites (N-methyl/N-ethyl adjacent to an activating group) is 2. The molecule has 2 rings (SSSR count). The van der Waals surface area contributed by atoms with Gasteiger partial charge in [0.15, 0.2) is 0 Å². The number of piperidine rings is 1. The van der Waals surface area contributed by atoms with Crippen molar-refractivity contribution in [2.45, 2.75) is 31.2 Å². The predicted molar refractivity (Wildman–Crippen MR) is 51.3 cm³/mol. The molecule has 0 aliphatic carbocycles. The smallest absolute Gasteiger partial charge is 0.0334 e. The summed E-state index contributed by atoms with van der Waals surface area (Å²) in [6.45, 7) is 3.91. The van der Waals surface area contributed by atoms with Crippen LogP contribution in [0.1, 0.15) is 25.7 Å². The van der Waals surface area contributed by atoms with Crippen LogP contribution in [0.25, 0.3) is 0 Å². The molecular formula is C10H20N2. The Balaban J connectivity index is 2.08. The van der Waals surface area contributed by atoms with E-state index in [9.17, 15) is 0 Å². The van der Waals surface area contributed by atoms with E-state index in [0.29, 0.717) is 5.54 Å². The molecule has 1 spiro atoms. The van der Waals surface area contributed by atoms with Gasteiger partial charge in [0.25, 0.3) is 0 Å². The average Bonchev–Trinajstić information content (AvgIpc) is 2.33. The highest BCUT2D eigenvalue weighted by molar-refractivity contribution is 4.98. The van der Waals surface area contributed by atoms with Crippen LogP contribution >= 0.6 is 0 Å². The van der Waals surface area contributed by atoms with Crippen LogP contribution in [0.3, 0.4) is 0 Å². The summed E-state index contributed by atoms with van der Waals surface area (Å²) in [5, 5.41) is 0. The lowest BCUT2D eigenvalue weighted by Crippen LogP contribution is -2.53. The molecule has 2 heterocycles. The Bertz CT molecular complexity index is 169. The second kappa shape index (κ2) is 3.00. The minimum Gasteiger partial charge on any atom is -0.305 e. The molecule has 0 amide bonds. The summed E-state index contributed by atoms with van der Waals surface area (Å²) in [6, 6.07) is 0. The quantitative estimate of drug-likeness (QED) is 0.536. The fourth-order valence-corrected chi connectivity index (χ4v) is 2.93. The summed E-state index contributed by atoms with van der Waals surface area (Å²) in [7, 11) is 4.55. The second-order valence-corrected chi connectivity index (χ2v) is 4.59. The first-order valence-corrected chi connectivity index (χ1v) is 5.13. The highest BCUT2D eigenvalue weighted by Gasteiger charge is 2.40. The molecule has 1 unspecified atom stereocenters. The van der Waals surface area contributed by atoms with Crippen LogP contribution in [-0.2, 0) is 0 Å².